The lowest BCUT2D eigenvalue weighted by atomic mass is 9.76. The standard InChI is InChI=1S/C18H14N2O/c1-2-6-12-7-5-9-14-13-8-3-4-10-15(13)18(11-19,16(12)14)17(20)21/h2-5,7-10H,1,6H2,(H2,20,21). The molecule has 2 N–H and O–H groups in total. The molecule has 0 spiro atoms. The third-order valence-corrected chi connectivity index (χ3v) is 4.05. The van der Waals surface area contributed by atoms with E-state index in [1.165, 1.54) is 0 Å². The molecule has 1 aliphatic rings. The van der Waals surface area contributed by atoms with Crippen molar-refractivity contribution in [3.8, 4) is 17.2 Å². The Bertz CT molecular complexity index is 801. The van der Waals surface area contributed by atoms with Crippen LogP contribution in [0.1, 0.15) is 16.7 Å². The van der Waals surface area contributed by atoms with Crippen LogP contribution in [0.3, 0.4) is 0 Å². The number of nitrogens with two attached hydrogens (primary N) is 1. The molecule has 102 valence electrons. The van der Waals surface area contributed by atoms with Gasteiger partial charge in [0, 0.05) is 0 Å². The molecule has 2 aromatic carbocycles. The van der Waals surface area contributed by atoms with Crippen LogP contribution in [-0.2, 0) is 16.6 Å². The SMILES string of the molecule is C=CCc1cccc2c1C(C#N)(C(N)=O)c1ccccc1-2. The van der Waals surface area contributed by atoms with Crippen LogP contribution in [0, 0.1) is 11.3 Å². The number of primary amides is 1. The minimum absolute atomic E-state index is 0.591. The molecule has 2 aromatic rings. The smallest absolute Gasteiger partial charge is 0.247 e. The van der Waals surface area contributed by atoms with E-state index in [1.54, 1.807) is 12.1 Å². The molecule has 0 bridgehead atoms. The lowest BCUT2D eigenvalue weighted by Crippen LogP contribution is -2.40. The summed E-state index contributed by atoms with van der Waals surface area (Å²) in [7, 11) is 0. The van der Waals surface area contributed by atoms with Crippen molar-refractivity contribution in [1.82, 2.24) is 0 Å². The topological polar surface area (TPSA) is 66.9 Å². The Balaban J connectivity index is 2.47. The first kappa shape index (κ1) is 13.1. The largest absolute Gasteiger partial charge is 0.368 e. The molecule has 0 heterocycles. The van der Waals surface area contributed by atoms with E-state index in [0.717, 1.165) is 16.7 Å². The minimum Gasteiger partial charge on any atom is -0.368 e. The van der Waals surface area contributed by atoms with Gasteiger partial charge in [-0.15, -0.1) is 6.58 Å². The number of hydrogen-bond acceptors (Lipinski definition) is 2. The van der Waals surface area contributed by atoms with Crippen LogP contribution in [0.5, 0.6) is 0 Å². The highest BCUT2D eigenvalue weighted by Gasteiger charge is 2.49. The fraction of sp³-hybridized carbons (Fsp3) is 0.111. The molecule has 0 radical (unpaired) electrons. The zero-order valence-electron chi connectivity index (χ0n) is 11.5. The van der Waals surface area contributed by atoms with Gasteiger partial charge in [-0.3, -0.25) is 4.79 Å². The van der Waals surface area contributed by atoms with Crippen LogP contribution in [0.25, 0.3) is 11.1 Å². The summed E-state index contributed by atoms with van der Waals surface area (Å²) in [6, 6.07) is 15.4. The predicted molar refractivity (Wildman–Crippen MR) is 81.4 cm³/mol. The summed E-state index contributed by atoms with van der Waals surface area (Å²) in [4.78, 5) is 12.2. The monoisotopic (exact) mass is 274 g/mol. The van der Waals surface area contributed by atoms with Crippen LogP contribution in [0.4, 0.5) is 0 Å². The van der Waals surface area contributed by atoms with E-state index in [0.29, 0.717) is 17.5 Å². The molecular weight excluding hydrogens is 260 g/mol. The third kappa shape index (κ3) is 1.56. The normalized spacial score (nSPS) is 18.4. The van der Waals surface area contributed by atoms with Crippen molar-refractivity contribution >= 4 is 5.91 Å². The number of benzene rings is 2. The summed E-state index contributed by atoms with van der Waals surface area (Å²) in [5.41, 5.74) is 8.35. The van der Waals surface area contributed by atoms with Gasteiger partial charge in [-0.05, 0) is 34.2 Å². The van der Waals surface area contributed by atoms with E-state index in [4.69, 9.17) is 5.73 Å². The van der Waals surface area contributed by atoms with E-state index >= 15 is 0 Å². The zero-order chi connectivity index (χ0) is 15.0. The molecule has 21 heavy (non-hydrogen) atoms. The number of hydrogen-bond donors (Lipinski definition) is 1. The van der Waals surface area contributed by atoms with Crippen LogP contribution in [0.2, 0.25) is 0 Å². The summed E-state index contributed by atoms with van der Waals surface area (Å²) in [5, 5.41) is 9.80. The Morgan fingerprint density at radius 1 is 1.24 bits per heavy atom. The molecule has 1 unspecified atom stereocenters. The average Bonchev–Trinajstić information content (AvgIpc) is 2.80. The predicted octanol–water partition coefficient (Wildman–Crippen LogP) is 2.69. The van der Waals surface area contributed by atoms with Gasteiger partial charge in [-0.1, -0.05) is 48.5 Å². The molecule has 1 amide bonds. The van der Waals surface area contributed by atoms with Crippen molar-refractivity contribution in [2.24, 2.45) is 5.73 Å². The second-order valence-electron chi connectivity index (χ2n) is 5.10. The number of rotatable bonds is 3. The lowest BCUT2D eigenvalue weighted by Gasteiger charge is -2.22. The molecule has 0 fully saturated rings. The van der Waals surface area contributed by atoms with Crippen molar-refractivity contribution in [1.29, 1.82) is 5.26 Å². The van der Waals surface area contributed by atoms with Gasteiger partial charge in [0.1, 0.15) is 0 Å². The van der Waals surface area contributed by atoms with Crippen LogP contribution < -0.4 is 5.73 Å². The number of nitrogens with zero attached hydrogens (tertiary/aromatic N) is 1. The Labute approximate surface area is 123 Å². The highest BCUT2D eigenvalue weighted by atomic mass is 16.1. The van der Waals surface area contributed by atoms with Gasteiger partial charge in [0.05, 0.1) is 6.07 Å². The highest BCUT2D eigenvalue weighted by Crippen LogP contribution is 2.50. The summed E-state index contributed by atoms with van der Waals surface area (Å²) < 4.78 is 0. The molecule has 0 saturated heterocycles. The molecule has 1 aliphatic carbocycles. The second-order valence-corrected chi connectivity index (χ2v) is 5.10. The Kier molecular flexibility index (Phi) is 2.88. The molecule has 0 saturated carbocycles. The number of carbonyl (C=O) groups is 1. The van der Waals surface area contributed by atoms with Crippen LogP contribution >= 0.6 is 0 Å². The Hall–Kier alpha value is -2.86. The second kappa shape index (κ2) is 4.60. The van der Waals surface area contributed by atoms with Gasteiger partial charge in [-0.2, -0.15) is 5.26 Å². The first-order chi connectivity index (χ1) is 10.2. The Morgan fingerprint density at radius 2 is 1.95 bits per heavy atom. The highest BCUT2D eigenvalue weighted by molar-refractivity contribution is 6.03. The maximum absolute atomic E-state index is 12.2. The molecule has 3 heteroatoms. The molecule has 3 rings (SSSR count). The van der Waals surface area contributed by atoms with Crippen molar-refractivity contribution in [3.05, 3.63) is 71.8 Å². The van der Waals surface area contributed by atoms with Crippen molar-refractivity contribution < 1.29 is 4.79 Å². The van der Waals surface area contributed by atoms with Gasteiger partial charge in [0.15, 0.2) is 5.41 Å². The number of carbonyl (C=O) groups excluding carboxylic acids is 1. The van der Waals surface area contributed by atoms with Crippen molar-refractivity contribution in [2.75, 3.05) is 0 Å². The fourth-order valence-electron chi connectivity index (χ4n) is 3.20. The fourth-order valence-corrected chi connectivity index (χ4v) is 3.20. The summed E-state index contributed by atoms with van der Waals surface area (Å²) in [6.07, 6.45) is 2.36. The summed E-state index contributed by atoms with van der Waals surface area (Å²) >= 11 is 0. The van der Waals surface area contributed by atoms with Gasteiger partial charge >= 0.3 is 0 Å². The molecule has 0 aliphatic heterocycles. The maximum atomic E-state index is 12.2. The maximum Gasteiger partial charge on any atom is 0.247 e. The van der Waals surface area contributed by atoms with E-state index < -0.39 is 11.3 Å². The average molecular weight is 274 g/mol. The number of fused-ring (bicyclic) bond motifs is 3. The van der Waals surface area contributed by atoms with Crippen molar-refractivity contribution in [3.63, 3.8) is 0 Å². The zero-order valence-corrected chi connectivity index (χ0v) is 11.5. The van der Waals surface area contributed by atoms with Crippen LogP contribution in [-0.4, -0.2) is 5.91 Å². The summed E-state index contributed by atoms with van der Waals surface area (Å²) in [6.45, 7) is 3.75. The van der Waals surface area contributed by atoms with E-state index in [9.17, 15) is 10.1 Å². The molecular formula is C18H14N2O. The first-order valence-corrected chi connectivity index (χ1v) is 6.71. The van der Waals surface area contributed by atoms with E-state index in [2.05, 4.69) is 12.6 Å². The lowest BCUT2D eigenvalue weighted by molar-refractivity contribution is -0.120. The first-order valence-electron chi connectivity index (χ1n) is 6.71. The Morgan fingerprint density at radius 3 is 2.62 bits per heavy atom. The quantitative estimate of drug-likeness (QED) is 0.874. The summed E-state index contributed by atoms with van der Waals surface area (Å²) in [5.74, 6) is -0.632. The van der Waals surface area contributed by atoms with E-state index in [1.807, 2.05) is 36.4 Å². The molecule has 0 aromatic heterocycles. The van der Waals surface area contributed by atoms with Gasteiger partial charge in [0.25, 0.3) is 0 Å². The molecule has 3 nitrogen and oxygen atoms in total. The van der Waals surface area contributed by atoms with Gasteiger partial charge < -0.3 is 5.73 Å². The van der Waals surface area contributed by atoms with Gasteiger partial charge in [0.2, 0.25) is 5.91 Å². The number of amides is 1. The number of allylic oxidation sites excluding steroid dienone is 1. The van der Waals surface area contributed by atoms with E-state index in [-0.39, 0.29) is 0 Å². The minimum atomic E-state index is -1.41. The van der Waals surface area contributed by atoms with Crippen LogP contribution in [0.15, 0.2) is 55.1 Å². The number of nitriles is 1. The van der Waals surface area contributed by atoms with Gasteiger partial charge in [-0.25, -0.2) is 0 Å². The third-order valence-electron chi connectivity index (χ3n) is 4.05. The van der Waals surface area contributed by atoms with Crippen molar-refractivity contribution in [2.45, 2.75) is 11.8 Å². The molecule has 1 atom stereocenters.